The highest BCUT2D eigenvalue weighted by Gasteiger charge is 2.23. The highest BCUT2D eigenvalue weighted by molar-refractivity contribution is 5.98. The molecule has 0 aliphatic rings. The van der Waals surface area contributed by atoms with Gasteiger partial charge >= 0.3 is 0 Å². The van der Waals surface area contributed by atoms with Crippen LogP contribution < -0.4 is 21.8 Å². The number of carbonyl (C=O) groups excluding carboxylic acids is 1. The smallest absolute Gasteiger partial charge is 0.290 e. The Balaban J connectivity index is 2.13. The van der Waals surface area contributed by atoms with Crippen LogP contribution in [0.25, 0.3) is 0 Å². The second-order valence-electron chi connectivity index (χ2n) is 7.99. The maximum Gasteiger partial charge on any atom is 0.290 e. The predicted octanol–water partition coefficient (Wildman–Crippen LogP) is 2.70. The zero-order valence-electron chi connectivity index (χ0n) is 19.6. The molecule has 176 valence electrons. The number of amides is 1. The van der Waals surface area contributed by atoms with Gasteiger partial charge < -0.3 is 25.1 Å². The number of aromatic nitrogens is 2. The Bertz CT molecular complexity index is 1300. The molecule has 10 nitrogen and oxygen atoms in total. The van der Waals surface area contributed by atoms with Gasteiger partial charge in [-0.3, -0.25) is 14.4 Å². The molecule has 0 aliphatic carbocycles. The van der Waals surface area contributed by atoms with E-state index < -0.39 is 17.0 Å². The number of nitrogens with one attached hydrogen (secondary N) is 2. The highest BCUT2D eigenvalue weighted by atomic mass is 16.3. The quantitative estimate of drug-likeness (QED) is 0.468. The highest BCUT2D eigenvalue weighted by Crippen LogP contribution is 2.32. The van der Waals surface area contributed by atoms with Gasteiger partial charge in [0, 0.05) is 28.2 Å². The van der Waals surface area contributed by atoms with Gasteiger partial charge in [-0.2, -0.15) is 0 Å². The molecular formula is C23H29N5O5. The van der Waals surface area contributed by atoms with Crippen LogP contribution in [0.3, 0.4) is 0 Å². The molecule has 2 heterocycles. The van der Waals surface area contributed by atoms with Gasteiger partial charge in [-0.15, -0.1) is 0 Å². The number of hydrogen-bond acceptors (Lipinski definition) is 7. The first-order valence-corrected chi connectivity index (χ1v) is 10.5. The zero-order chi connectivity index (χ0) is 24.4. The molecular weight excluding hydrogens is 426 g/mol. The van der Waals surface area contributed by atoms with Crippen LogP contribution >= 0.6 is 0 Å². The van der Waals surface area contributed by atoms with Crippen LogP contribution in [-0.2, 0) is 14.1 Å². The molecule has 1 atom stereocenters. The molecule has 0 fully saturated rings. The molecule has 3 N–H and O–H groups in total. The SMILES string of the molecule is CC[C@H](Nc1c(Nc2cccc(C(=O)N(C)C)c2O)c(=O)n(C)n(C)c1=O)c1ccc(C)o1. The Labute approximate surface area is 191 Å². The van der Waals surface area contributed by atoms with Gasteiger partial charge in [0.15, 0.2) is 5.75 Å². The fraction of sp³-hybridized carbons (Fsp3) is 0.348. The molecule has 3 rings (SSSR count). The molecule has 10 heteroatoms. The summed E-state index contributed by atoms with van der Waals surface area (Å²) in [5.74, 6) is 0.641. The van der Waals surface area contributed by atoms with E-state index in [1.807, 2.05) is 26.0 Å². The van der Waals surface area contributed by atoms with Gasteiger partial charge in [0.2, 0.25) is 0 Å². The van der Waals surface area contributed by atoms with Crippen LogP contribution in [0.2, 0.25) is 0 Å². The van der Waals surface area contributed by atoms with Gasteiger partial charge in [-0.1, -0.05) is 13.0 Å². The molecule has 3 aromatic rings. The summed E-state index contributed by atoms with van der Waals surface area (Å²) >= 11 is 0. The Hall–Kier alpha value is -3.95. The van der Waals surface area contributed by atoms with E-state index in [4.69, 9.17) is 4.42 Å². The number of carbonyl (C=O) groups is 1. The number of aromatic hydroxyl groups is 1. The molecule has 1 aromatic carbocycles. The predicted molar refractivity (Wildman–Crippen MR) is 126 cm³/mol. The first-order chi connectivity index (χ1) is 15.6. The van der Waals surface area contributed by atoms with E-state index in [1.165, 1.54) is 40.5 Å². The van der Waals surface area contributed by atoms with Crippen molar-refractivity contribution in [2.24, 2.45) is 14.1 Å². The van der Waals surface area contributed by atoms with E-state index >= 15 is 0 Å². The molecule has 0 unspecified atom stereocenters. The number of phenolic OH excluding ortho intramolecular Hbond substituents is 1. The lowest BCUT2D eigenvalue weighted by molar-refractivity contribution is 0.0824. The minimum absolute atomic E-state index is 0.0326. The van der Waals surface area contributed by atoms with Crippen molar-refractivity contribution < 1.29 is 14.3 Å². The van der Waals surface area contributed by atoms with Crippen LogP contribution in [-0.4, -0.2) is 39.4 Å². The second-order valence-corrected chi connectivity index (χ2v) is 7.99. The Morgan fingerprint density at radius 1 is 1.09 bits per heavy atom. The fourth-order valence-corrected chi connectivity index (χ4v) is 3.44. The van der Waals surface area contributed by atoms with E-state index in [0.29, 0.717) is 12.2 Å². The average molecular weight is 456 g/mol. The van der Waals surface area contributed by atoms with Gasteiger partial charge in [-0.05, 0) is 37.6 Å². The number of hydrogen-bond donors (Lipinski definition) is 3. The monoisotopic (exact) mass is 455 g/mol. The van der Waals surface area contributed by atoms with Crippen molar-refractivity contribution in [1.82, 2.24) is 14.3 Å². The summed E-state index contributed by atoms with van der Waals surface area (Å²) in [5, 5.41) is 16.7. The lowest BCUT2D eigenvalue weighted by Crippen LogP contribution is -2.38. The summed E-state index contributed by atoms with van der Waals surface area (Å²) in [6, 6.07) is 7.86. The Morgan fingerprint density at radius 3 is 2.27 bits per heavy atom. The Morgan fingerprint density at radius 2 is 1.73 bits per heavy atom. The van der Waals surface area contributed by atoms with E-state index in [0.717, 1.165) is 5.76 Å². The largest absolute Gasteiger partial charge is 0.505 e. The summed E-state index contributed by atoms with van der Waals surface area (Å²) < 4.78 is 8.08. The second kappa shape index (κ2) is 9.27. The van der Waals surface area contributed by atoms with Crippen molar-refractivity contribution in [1.29, 1.82) is 0 Å². The maximum atomic E-state index is 13.1. The molecule has 0 saturated carbocycles. The van der Waals surface area contributed by atoms with Gasteiger partial charge in [0.1, 0.15) is 22.9 Å². The normalized spacial score (nSPS) is 11.8. The summed E-state index contributed by atoms with van der Waals surface area (Å²) in [6.07, 6.45) is 0.586. The zero-order valence-corrected chi connectivity index (χ0v) is 19.6. The fourth-order valence-electron chi connectivity index (χ4n) is 3.44. The Kier molecular flexibility index (Phi) is 6.66. The molecule has 2 aromatic heterocycles. The molecule has 1 amide bonds. The van der Waals surface area contributed by atoms with E-state index in [1.54, 1.807) is 20.2 Å². The van der Waals surface area contributed by atoms with Crippen molar-refractivity contribution in [2.45, 2.75) is 26.3 Å². The molecule has 0 radical (unpaired) electrons. The van der Waals surface area contributed by atoms with E-state index in [2.05, 4.69) is 10.6 Å². The topological polar surface area (TPSA) is 122 Å². The number of para-hydroxylation sites is 1. The number of benzene rings is 1. The summed E-state index contributed by atoms with van der Waals surface area (Å²) in [7, 11) is 6.10. The number of aryl methyl sites for hydroxylation is 1. The first-order valence-electron chi connectivity index (χ1n) is 10.5. The minimum atomic E-state index is -0.492. The lowest BCUT2D eigenvalue weighted by Gasteiger charge is -2.21. The number of anilines is 3. The van der Waals surface area contributed by atoms with Gasteiger partial charge in [0.05, 0.1) is 17.3 Å². The van der Waals surface area contributed by atoms with E-state index in [9.17, 15) is 19.5 Å². The van der Waals surface area contributed by atoms with Crippen LogP contribution in [0.1, 0.15) is 41.3 Å². The molecule has 33 heavy (non-hydrogen) atoms. The van der Waals surface area contributed by atoms with Gasteiger partial charge in [-0.25, -0.2) is 9.36 Å². The maximum absolute atomic E-state index is 13.1. The van der Waals surface area contributed by atoms with Crippen LogP contribution in [0, 0.1) is 6.92 Å². The minimum Gasteiger partial charge on any atom is -0.505 e. The number of rotatable bonds is 7. The van der Waals surface area contributed by atoms with Crippen LogP contribution in [0.15, 0.2) is 44.3 Å². The van der Waals surface area contributed by atoms with Crippen molar-refractivity contribution in [3.05, 3.63) is 68.1 Å². The van der Waals surface area contributed by atoms with Crippen molar-refractivity contribution in [2.75, 3.05) is 24.7 Å². The number of nitrogens with zero attached hydrogens (tertiary/aromatic N) is 3. The summed E-state index contributed by atoms with van der Waals surface area (Å²) in [4.78, 5) is 40.0. The third-order valence-corrected chi connectivity index (χ3v) is 5.48. The summed E-state index contributed by atoms with van der Waals surface area (Å²) in [6.45, 7) is 3.75. The molecule has 0 spiro atoms. The first kappa shape index (κ1) is 23.7. The number of phenols is 1. The van der Waals surface area contributed by atoms with E-state index in [-0.39, 0.29) is 34.4 Å². The van der Waals surface area contributed by atoms with Crippen molar-refractivity contribution in [3.63, 3.8) is 0 Å². The standard InChI is InChI=1S/C23H29N5O5/c1-7-15(17-12-11-13(2)33-17)24-18-19(23(32)28(6)27(5)22(18)31)25-16-10-8-9-14(20(16)29)21(30)26(3)4/h8-12,15,24-25,29H,7H2,1-6H3/t15-/m0/s1. The van der Waals surface area contributed by atoms with Crippen molar-refractivity contribution in [3.8, 4) is 5.75 Å². The molecule has 0 aliphatic heterocycles. The summed E-state index contributed by atoms with van der Waals surface area (Å²) in [5.41, 5.74) is -0.761. The van der Waals surface area contributed by atoms with Gasteiger partial charge in [0.25, 0.3) is 17.0 Å². The third kappa shape index (κ3) is 4.50. The number of furan rings is 1. The van der Waals surface area contributed by atoms with Crippen LogP contribution in [0.5, 0.6) is 5.75 Å². The van der Waals surface area contributed by atoms with Crippen molar-refractivity contribution >= 4 is 23.0 Å². The molecule has 0 bridgehead atoms. The average Bonchev–Trinajstić information content (AvgIpc) is 3.22. The molecule has 0 saturated heterocycles. The lowest BCUT2D eigenvalue weighted by atomic mass is 10.1. The van der Waals surface area contributed by atoms with Crippen LogP contribution in [0.4, 0.5) is 17.1 Å². The third-order valence-electron chi connectivity index (χ3n) is 5.48.